The monoisotopic (exact) mass is 379 g/mol. The highest BCUT2D eigenvalue weighted by molar-refractivity contribution is 6.12. The van der Waals surface area contributed by atoms with E-state index in [1.807, 2.05) is 6.07 Å². The van der Waals surface area contributed by atoms with Crippen molar-refractivity contribution in [3.63, 3.8) is 0 Å². The van der Waals surface area contributed by atoms with Gasteiger partial charge in [0.15, 0.2) is 11.5 Å². The molecule has 0 radical (unpaired) electrons. The van der Waals surface area contributed by atoms with Gasteiger partial charge in [0.2, 0.25) is 18.5 Å². The van der Waals surface area contributed by atoms with Crippen molar-refractivity contribution >= 4 is 34.6 Å². The lowest BCUT2D eigenvalue weighted by Crippen LogP contribution is -2.12. The number of carbonyl (C=O) groups is 2. The third-order valence-electron chi connectivity index (χ3n) is 4.13. The maximum Gasteiger partial charge on any atom is 0.376 e. The van der Waals surface area contributed by atoms with E-state index in [9.17, 15) is 9.59 Å². The van der Waals surface area contributed by atoms with Gasteiger partial charge in [0.25, 0.3) is 0 Å². The minimum Gasteiger partial charge on any atom is -0.460 e. The summed E-state index contributed by atoms with van der Waals surface area (Å²) in [7, 11) is 0. The number of benzene rings is 2. The van der Waals surface area contributed by atoms with Crippen LogP contribution in [0.1, 0.15) is 23.0 Å². The van der Waals surface area contributed by atoms with Crippen LogP contribution >= 0.6 is 0 Å². The van der Waals surface area contributed by atoms with E-state index >= 15 is 0 Å². The number of carbonyl (C=O) groups excluding carboxylic acids is 2. The van der Waals surface area contributed by atoms with Crippen molar-refractivity contribution in [1.82, 2.24) is 0 Å². The van der Waals surface area contributed by atoms with Crippen LogP contribution in [0.25, 0.3) is 17.0 Å². The number of ether oxygens (including phenoxy) is 3. The minimum atomic E-state index is -0.631. The Morgan fingerprint density at radius 1 is 1.14 bits per heavy atom. The zero-order valence-corrected chi connectivity index (χ0v) is 15.1. The number of para-hydroxylation sites is 1. The topological polar surface area (TPSA) is 87.0 Å². The molecule has 3 aromatic rings. The normalized spacial score (nSPS) is 12.5. The van der Waals surface area contributed by atoms with Crippen molar-refractivity contribution in [1.29, 1.82) is 0 Å². The Balaban J connectivity index is 1.58. The van der Waals surface area contributed by atoms with Crippen molar-refractivity contribution < 1.29 is 28.2 Å². The maximum atomic E-state index is 12.4. The first kappa shape index (κ1) is 17.7. The number of amides is 1. The Hall–Kier alpha value is -3.74. The average Bonchev–Trinajstić information content (AvgIpc) is 3.31. The molecule has 1 aliphatic heterocycles. The molecule has 0 saturated heterocycles. The standard InChI is InChI=1S/C21H17NO6/c1-2-25-21(24)20-19(14-5-3-4-6-15(14)28-20)22-18(23)10-8-13-7-9-16-17(11-13)27-12-26-16/h3-11H,2,12H2,1H3,(H,22,23). The zero-order valence-electron chi connectivity index (χ0n) is 15.1. The molecular formula is C21H17NO6. The summed E-state index contributed by atoms with van der Waals surface area (Å²) in [5.41, 5.74) is 1.55. The highest BCUT2D eigenvalue weighted by atomic mass is 16.7. The summed E-state index contributed by atoms with van der Waals surface area (Å²) in [6, 6.07) is 12.4. The van der Waals surface area contributed by atoms with Gasteiger partial charge in [-0.2, -0.15) is 0 Å². The van der Waals surface area contributed by atoms with Crippen LogP contribution in [0.4, 0.5) is 5.69 Å². The van der Waals surface area contributed by atoms with Gasteiger partial charge in [-0.3, -0.25) is 4.79 Å². The molecule has 1 aliphatic rings. The third-order valence-corrected chi connectivity index (χ3v) is 4.13. The van der Waals surface area contributed by atoms with E-state index < -0.39 is 11.9 Å². The van der Waals surface area contributed by atoms with Gasteiger partial charge in [0.05, 0.1) is 6.61 Å². The van der Waals surface area contributed by atoms with E-state index in [-0.39, 0.29) is 24.8 Å². The number of hydrogen-bond acceptors (Lipinski definition) is 6. The van der Waals surface area contributed by atoms with E-state index in [0.29, 0.717) is 22.5 Å². The fourth-order valence-corrected chi connectivity index (χ4v) is 2.86. The first-order valence-electron chi connectivity index (χ1n) is 8.73. The summed E-state index contributed by atoms with van der Waals surface area (Å²) in [6.07, 6.45) is 3.01. The molecule has 2 heterocycles. The van der Waals surface area contributed by atoms with Crippen LogP contribution < -0.4 is 14.8 Å². The first-order valence-corrected chi connectivity index (χ1v) is 8.73. The number of rotatable bonds is 5. The molecule has 0 aliphatic carbocycles. The third kappa shape index (κ3) is 3.42. The van der Waals surface area contributed by atoms with E-state index in [4.69, 9.17) is 18.6 Å². The van der Waals surface area contributed by atoms with Crippen molar-refractivity contribution in [2.45, 2.75) is 6.92 Å². The fraction of sp³-hybridized carbons (Fsp3) is 0.143. The van der Waals surface area contributed by atoms with Gasteiger partial charge in [0, 0.05) is 11.5 Å². The Labute approximate surface area is 160 Å². The van der Waals surface area contributed by atoms with Gasteiger partial charge in [-0.1, -0.05) is 18.2 Å². The maximum absolute atomic E-state index is 12.4. The Morgan fingerprint density at radius 2 is 1.96 bits per heavy atom. The minimum absolute atomic E-state index is 0.0344. The Bertz CT molecular complexity index is 1080. The molecule has 4 rings (SSSR count). The van der Waals surface area contributed by atoms with Gasteiger partial charge < -0.3 is 23.9 Å². The number of fused-ring (bicyclic) bond motifs is 2. The van der Waals surface area contributed by atoms with E-state index in [1.165, 1.54) is 6.08 Å². The molecule has 0 bridgehead atoms. The van der Waals surface area contributed by atoms with Gasteiger partial charge in [-0.05, 0) is 42.8 Å². The molecule has 7 heteroatoms. The number of furan rings is 1. The van der Waals surface area contributed by atoms with Crippen LogP contribution in [0.5, 0.6) is 11.5 Å². The summed E-state index contributed by atoms with van der Waals surface area (Å²) < 4.78 is 21.2. The second kappa shape index (κ2) is 7.48. The molecular weight excluding hydrogens is 362 g/mol. The smallest absolute Gasteiger partial charge is 0.376 e. The second-order valence-corrected chi connectivity index (χ2v) is 5.96. The fourth-order valence-electron chi connectivity index (χ4n) is 2.86. The lowest BCUT2D eigenvalue weighted by molar-refractivity contribution is -0.111. The van der Waals surface area contributed by atoms with Crippen LogP contribution in [0.2, 0.25) is 0 Å². The van der Waals surface area contributed by atoms with Gasteiger partial charge in [0.1, 0.15) is 11.3 Å². The molecule has 0 saturated carbocycles. The molecule has 142 valence electrons. The molecule has 1 N–H and O–H groups in total. The SMILES string of the molecule is CCOC(=O)c1oc2ccccc2c1NC(=O)C=Cc1ccc2c(c1)OCO2. The molecule has 0 fully saturated rings. The average molecular weight is 379 g/mol. The van der Waals surface area contributed by atoms with Crippen molar-refractivity contribution in [2.24, 2.45) is 0 Å². The van der Waals surface area contributed by atoms with Crippen molar-refractivity contribution in [3.8, 4) is 11.5 Å². The van der Waals surface area contributed by atoms with Crippen molar-refractivity contribution in [3.05, 3.63) is 59.9 Å². The van der Waals surface area contributed by atoms with Crippen molar-refractivity contribution in [2.75, 3.05) is 18.7 Å². The second-order valence-electron chi connectivity index (χ2n) is 5.96. The number of esters is 1. The zero-order chi connectivity index (χ0) is 19.5. The van der Waals surface area contributed by atoms with E-state index in [2.05, 4.69) is 5.32 Å². The summed E-state index contributed by atoms with van der Waals surface area (Å²) in [5.74, 6) is 0.231. The van der Waals surface area contributed by atoms with Gasteiger partial charge in [-0.15, -0.1) is 0 Å². The largest absolute Gasteiger partial charge is 0.460 e. The molecule has 2 aromatic carbocycles. The number of anilines is 1. The van der Waals surface area contributed by atoms with Crippen LogP contribution in [0, 0.1) is 0 Å². The quantitative estimate of drug-likeness (QED) is 0.533. The summed E-state index contributed by atoms with van der Waals surface area (Å²) in [6.45, 7) is 2.09. The molecule has 0 spiro atoms. The summed E-state index contributed by atoms with van der Waals surface area (Å²) in [5, 5.41) is 3.34. The van der Waals surface area contributed by atoms with Gasteiger partial charge >= 0.3 is 5.97 Å². The summed E-state index contributed by atoms with van der Waals surface area (Å²) in [4.78, 5) is 24.6. The highest BCUT2D eigenvalue weighted by Gasteiger charge is 2.22. The Kier molecular flexibility index (Phi) is 4.72. The molecule has 1 aromatic heterocycles. The predicted molar refractivity (Wildman–Crippen MR) is 102 cm³/mol. The molecule has 28 heavy (non-hydrogen) atoms. The van der Waals surface area contributed by atoms with Crippen LogP contribution in [0.15, 0.2) is 53.0 Å². The molecule has 1 amide bonds. The molecule has 0 atom stereocenters. The summed E-state index contributed by atoms with van der Waals surface area (Å²) >= 11 is 0. The van der Waals surface area contributed by atoms with E-state index in [0.717, 1.165) is 5.56 Å². The van der Waals surface area contributed by atoms with Crippen LogP contribution in [0.3, 0.4) is 0 Å². The van der Waals surface area contributed by atoms with Crippen LogP contribution in [-0.2, 0) is 9.53 Å². The number of nitrogens with one attached hydrogen (secondary N) is 1. The lowest BCUT2D eigenvalue weighted by Gasteiger charge is -2.04. The lowest BCUT2D eigenvalue weighted by atomic mass is 10.2. The predicted octanol–water partition coefficient (Wildman–Crippen LogP) is 3.99. The number of hydrogen-bond donors (Lipinski definition) is 1. The highest BCUT2D eigenvalue weighted by Crippen LogP contribution is 2.33. The molecule has 0 unspecified atom stereocenters. The van der Waals surface area contributed by atoms with E-state index in [1.54, 1.807) is 49.4 Å². The van der Waals surface area contributed by atoms with Crippen LogP contribution in [-0.4, -0.2) is 25.3 Å². The van der Waals surface area contributed by atoms with Gasteiger partial charge in [-0.25, -0.2) is 4.79 Å². The molecule has 7 nitrogen and oxygen atoms in total. The Morgan fingerprint density at radius 3 is 2.82 bits per heavy atom. The first-order chi connectivity index (χ1) is 13.7.